The minimum atomic E-state index is -0.116. The highest BCUT2D eigenvalue weighted by atomic mass is 16.5. The van der Waals surface area contributed by atoms with Crippen LogP contribution in [0.25, 0.3) is 11.6 Å². The van der Waals surface area contributed by atoms with Gasteiger partial charge >= 0.3 is 0 Å². The Hall–Kier alpha value is -2.28. The second-order valence-corrected chi connectivity index (χ2v) is 7.67. The van der Waals surface area contributed by atoms with E-state index in [-0.39, 0.29) is 11.9 Å². The fourth-order valence-corrected chi connectivity index (χ4v) is 3.88. The standard InChI is InChI=1S/C20H27N5O2/c1-25-11-10-21-19(25)18-23-16(13-4-3-5-13)12-17(24-18)20(26)22-14-6-8-15(27-2)9-7-14/h10-15H,3-9H2,1-2H3,(H,22,26). The summed E-state index contributed by atoms with van der Waals surface area (Å²) in [5, 5.41) is 3.16. The molecule has 4 rings (SSSR count). The lowest BCUT2D eigenvalue weighted by atomic mass is 9.82. The number of nitrogens with zero attached hydrogens (tertiary/aromatic N) is 4. The van der Waals surface area contributed by atoms with Crippen molar-refractivity contribution in [3.05, 3.63) is 29.8 Å². The third-order valence-electron chi connectivity index (χ3n) is 5.87. The molecule has 7 heteroatoms. The molecule has 0 saturated heterocycles. The highest BCUT2D eigenvalue weighted by molar-refractivity contribution is 5.93. The summed E-state index contributed by atoms with van der Waals surface area (Å²) < 4.78 is 7.30. The van der Waals surface area contributed by atoms with Crippen molar-refractivity contribution in [1.82, 2.24) is 24.8 Å². The highest BCUT2D eigenvalue weighted by Gasteiger charge is 2.26. The summed E-state index contributed by atoms with van der Waals surface area (Å²) in [5.41, 5.74) is 1.40. The van der Waals surface area contributed by atoms with E-state index in [1.54, 1.807) is 13.3 Å². The van der Waals surface area contributed by atoms with E-state index in [9.17, 15) is 4.79 Å². The molecule has 0 bridgehead atoms. The Balaban J connectivity index is 1.56. The van der Waals surface area contributed by atoms with Gasteiger partial charge in [-0.3, -0.25) is 4.79 Å². The maximum absolute atomic E-state index is 12.9. The predicted octanol–water partition coefficient (Wildman–Crippen LogP) is 2.83. The van der Waals surface area contributed by atoms with Crippen LogP contribution in [-0.4, -0.2) is 44.7 Å². The number of aryl methyl sites for hydroxylation is 1. The Morgan fingerprint density at radius 2 is 1.96 bits per heavy atom. The zero-order valence-electron chi connectivity index (χ0n) is 16.0. The van der Waals surface area contributed by atoms with Crippen molar-refractivity contribution in [3.8, 4) is 11.6 Å². The molecule has 1 amide bonds. The number of ether oxygens (including phenoxy) is 1. The molecular weight excluding hydrogens is 342 g/mol. The van der Waals surface area contributed by atoms with E-state index in [2.05, 4.69) is 15.3 Å². The summed E-state index contributed by atoms with van der Waals surface area (Å²) in [4.78, 5) is 26.5. The fourth-order valence-electron chi connectivity index (χ4n) is 3.88. The molecule has 0 aliphatic heterocycles. The zero-order valence-corrected chi connectivity index (χ0v) is 16.0. The van der Waals surface area contributed by atoms with Gasteiger partial charge in [-0.2, -0.15) is 0 Å². The third-order valence-corrected chi connectivity index (χ3v) is 5.87. The van der Waals surface area contributed by atoms with Crippen LogP contribution in [0, 0.1) is 0 Å². The smallest absolute Gasteiger partial charge is 0.270 e. The molecule has 7 nitrogen and oxygen atoms in total. The maximum Gasteiger partial charge on any atom is 0.270 e. The number of aromatic nitrogens is 4. The minimum Gasteiger partial charge on any atom is -0.381 e. The van der Waals surface area contributed by atoms with Crippen molar-refractivity contribution in [2.75, 3.05) is 7.11 Å². The molecule has 0 spiro atoms. The molecule has 0 radical (unpaired) electrons. The highest BCUT2D eigenvalue weighted by Crippen LogP contribution is 2.36. The number of imidazole rings is 1. The van der Waals surface area contributed by atoms with Crippen LogP contribution < -0.4 is 5.32 Å². The largest absolute Gasteiger partial charge is 0.381 e. The minimum absolute atomic E-state index is 0.116. The lowest BCUT2D eigenvalue weighted by Crippen LogP contribution is -2.39. The van der Waals surface area contributed by atoms with Crippen LogP contribution in [0.4, 0.5) is 0 Å². The summed E-state index contributed by atoms with van der Waals surface area (Å²) in [6, 6.07) is 2.05. The van der Waals surface area contributed by atoms with E-state index < -0.39 is 0 Å². The summed E-state index contributed by atoms with van der Waals surface area (Å²) in [6.45, 7) is 0. The van der Waals surface area contributed by atoms with Crippen molar-refractivity contribution in [2.24, 2.45) is 7.05 Å². The van der Waals surface area contributed by atoms with Crippen molar-refractivity contribution < 1.29 is 9.53 Å². The summed E-state index contributed by atoms with van der Waals surface area (Å²) in [6.07, 6.45) is 11.2. The number of methoxy groups -OCH3 is 1. The lowest BCUT2D eigenvalue weighted by molar-refractivity contribution is 0.0598. The van der Waals surface area contributed by atoms with Crippen molar-refractivity contribution in [1.29, 1.82) is 0 Å². The predicted molar refractivity (Wildman–Crippen MR) is 101 cm³/mol. The summed E-state index contributed by atoms with van der Waals surface area (Å²) in [5.74, 6) is 1.52. The van der Waals surface area contributed by atoms with Gasteiger partial charge < -0.3 is 14.6 Å². The molecule has 2 aromatic rings. The Kier molecular flexibility index (Phi) is 5.20. The molecule has 2 heterocycles. The molecular formula is C20H27N5O2. The van der Waals surface area contributed by atoms with Gasteiger partial charge in [0.25, 0.3) is 5.91 Å². The van der Waals surface area contributed by atoms with E-state index in [0.29, 0.717) is 29.4 Å². The first kappa shape index (κ1) is 18.1. The normalized spacial score (nSPS) is 23.0. The molecule has 2 saturated carbocycles. The van der Waals surface area contributed by atoms with Gasteiger partial charge in [0.1, 0.15) is 5.69 Å². The second kappa shape index (κ2) is 7.76. The number of hydrogen-bond acceptors (Lipinski definition) is 5. The quantitative estimate of drug-likeness (QED) is 0.876. The number of nitrogens with one attached hydrogen (secondary N) is 1. The van der Waals surface area contributed by atoms with Crippen LogP contribution in [0.2, 0.25) is 0 Å². The summed E-state index contributed by atoms with van der Waals surface area (Å²) in [7, 11) is 3.67. The molecule has 2 aliphatic rings. The van der Waals surface area contributed by atoms with E-state index in [1.807, 2.05) is 23.9 Å². The Labute approximate surface area is 159 Å². The van der Waals surface area contributed by atoms with Gasteiger partial charge in [0.15, 0.2) is 11.6 Å². The van der Waals surface area contributed by atoms with Gasteiger partial charge in [-0.25, -0.2) is 15.0 Å². The van der Waals surface area contributed by atoms with Crippen LogP contribution in [0.3, 0.4) is 0 Å². The zero-order chi connectivity index (χ0) is 18.8. The van der Waals surface area contributed by atoms with Crippen LogP contribution in [-0.2, 0) is 11.8 Å². The van der Waals surface area contributed by atoms with E-state index in [1.165, 1.54) is 6.42 Å². The number of amides is 1. The average Bonchev–Trinajstić information content (AvgIpc) is 3.06. The Morgan fingerprint density at radius 3 is 2.56 bits per heavy atom. The van der Waals surface area contributed by atoms with E-state index in [4.69, 9.17) is 9.72 Å². The van der Waals surface area contributed by atoms with Gasteiger partial charge in [0.05, 0.1) is 6.10 Å². The second-order valence-electron chi connectivity index (χ2n) is 7.67. The molecule has 2 aliphatic carbocycles. The van der Waals surface area contributed by atoms with Crippen LogP contribution in [0.15, 0.2) is 18.5 Å². The molecule has 144 valence electrons. The lowest BCUT2D eigenvalue weighted by Gasteiger charge is -2.28. The van der Waals surface area contributed by atoms with Gasteiger partial charge in [-0.1, -0.05) is 6.42 Å². The Morgan fingerprint density at radius 1 is 1.19 bits per heavy atom. The van der Waals surface area contributed by atoms with Gasteiger partial charge in [-0.05, 0) is 44.6 Å². The first-order valence-electron chi connectivity index (χ1n) is 9.84. The molecule has 0 aromatic carbocycles. The molecule has 2 fully saturated rings. The van der Waals surface area contributed by atoms with Crippen LogP contribution in [0.5, 0.6) is 0 Å². The van der Waals surface area contributed by atoms with E-state index >= 15 is 0 Å². The monoisotopic (exact) mass is 369 g/mol. The van der Waals surface area contributed by atoms with Crippen molar-refractivity contribution >= 4 is 5.91 Å². The fraction of sp³-hybridized carbons (Fsp3) is 0.600. The van der Waals surface area contributed by atoms with Crippen LogP contribution >= 0.6 is 0 Å². The molecule has 1 N–H and O–H groups in total. The van der Waals surface area contributed by atoms with Crippen LogP contribution in [0.1, 0.15) is 67.0 Å². The summed E-state index contributed by atoms with van der Waals surface area (Å²) >= 11 is 0. The van der Waals surface area contributed by atoms with Gasteiger partial charge in [-0.15, -0.1) is 0 Å². The molecule has 2 aromatic heterocycles. The third kappa shape index (κ3) is 3.88. The topological polar surface area (TPSA) is 81.9 Å². The van der Waals surface area contributed by atoms with Gasteiger partial charge in [0.2, 0.25) is 0 Å². The maximum atomic E-state index is 12.9. The first-order valence-corrected chi connectivity index (χ1v) is 9.84. The number of rotatable bonds is 5. The average molecular weight is 369 g/mol. The number of hydrogen-bond donors (Lipinski definition) is 1. The van der Waals surface area contributed by atoms with E-state index in [0.717, 1.165) is 44.2 Å². The first-order chi connectivity index (χ1) is 13.1. The van der Waals surface area contributed by atoms with Crippen molar-refractivity contribution in [2.45, 2.75) is 63.0 Å². The molecule has 27 heavy (non-hydrogen) atoms. The van der Waals surface area contributed by atoms with Crippen molar-refractivity contribution in [3.63, 3.8) is 0 Å². The molecule has 0 unspecified atom stereocenters. The molecule has 0 atom stereocenters. The van der Waals surface area contributed by atoms with Gasteiger partial charge in [0, 0.05) is 44.2 Å². The number of carbonyl (C=O) groups is 1. The Bertz CT molecular complexity index is 806. The SMILES string of the molecule is COC1CCC(NC(=O)c2cc(C3CCC3)nc(-c3nccn3C)n2)CC1. The number of carbonyl (C=O) groups excluding carboxylic acids is 1.